The quantitative estimate of drug-likeness (QED) is 0.263. The zero-order valence-electron chi connectivity index (χ0n) is 8.43. The standard InChI is InChI=1S/C8H6O5.Na.H/c9-4-5-6(10)2-1-3-7(5)13-8(11)12;;/h1-4,10H,(H,11,12);;/q;+1;-1. The molecule has 1 aromatic carbocycles. The number of hydrogen-bond donors (Lipinski definition) is 2. The second kappa shape index (κ2) is 5.64. The van der Waals surface area contributed by atoms with E-state index in [-0.39, 0.29) is 48.0 Å². The normalized spacial score (nSPS) is 8.57. The van der Waals surface area contributed by atoms with Gasteiger partial charge in [-0.2, -0.15) is 0 Å². The molecule has 0 aromatic heterocycles. The number of rotatable bonds is 2. The van der Waals surface area contributed by atoms with Crippen LogP contribution < -0.4 is 34.3 Å². The van der Waals surface area contributed by atoms with Crippen LogP contribution in [0, 0.1) is 0 Å². The number of phenolic OH excluding ortho intramolecular Hbond substituents is 1. The molecule has 5 nitrogen and oxygen atoms in total. The third-order valence-corrected chi connectivity index (χ3v) is 1.36. The molecule has 0 fully saturated rings. The number of aromatic hydroxyl groups is 1. The Labute approximate surface area is 103 Å². The molecule has 6 heteroatoms. The number of carboxylic acid groups (broad SMARTS) is 1. The van der Waals surface area contributed by atoms with Crippen molar-refractivity contribution in [2.75, 3.05) is 0 Å². The van der Waals surface area contributed by atoms with Gasteiger partial charge >= 0.3 is 35.7 Å². The van der Waals surface area contributed by atoms with Crippen LogP contribution >= 0.6 is 0 Å². The summed E-state index contributed by atoms with van der Waals surface area (Å²) in [6.45, 7) is 0. The molecule has 70 valence electrons. The van der Waals surface area contributed by atoms with Gasteiger partial charge in [0.1, 0.15) is 11.5 Å². The number of carbonyl (C=O) groups is 2. The molecule has 0 atom stereocenters. The summed E-state index contributed by atoms with van der Waals surface area (Å²) in [5.41, 5.74) is -0.176. The minimum absolute atomic E-state index is 0. The van der Waals surface area contributed by atoms with Crippen molar-refractivity contribution in [1.29, 1.82) is 0 Å². The maximum absolute atomic E-state index is 10.4. The van der Waals surface area contributed by atoms with Crippen molar-refractivity contribution >= 4 is 12.4 Å². The Morgan fingerprint density at radius 3 is 2.64 bits per heavy atom. The van der Waals surface area contributed by atoms with E-state index in [9.17, 15) is 9.59 Å². The number of hydrogen-bond acceptors (Lipinski definition) is 4. The molecule has 0 aliphatic rings. The molecular formula is C8H7NaO5. The van der Waals surface area contributed by atoms with Crippen molar-refractivity contribution in [3.05, 3.63) is 23.8 Å². The van der Waals surface area contributed by atoms with E-state index in [0.29, 0.717) is 6.29 Å². The Kier molecular flexibility index (Phi) is 5.22. The summed E-state index contributed by atoms with van der Waals surface area (Å²) in [6, 6.07) is 3.91. The van der Waals surface area contributed by atoms with Crippen molar-refractivity contribution in [2.45, 2.75) is 0 Å². The first-order valence-corrected chi connectivity index (χ1v) is 3.33. The SMILES string of the molecule is O=Cc1c(O)cccc1OC(=O)O.[H-].[Na+]. The van der Waals surface area contributed by atoms with E-state index < -0.39 is 6.16 Å². The van der Waals surface area contributed by atoms with Gasteiger partial charge in [0.05, 0.1) is 5.56 Å². The van der Waals surface area contributed by atoms with Crippen LogP contribution in [0.25, 0.3) is 0 Å². The molecule has 0 bridgehead atoms. The zero-order chi connectivity index (χ0) is 9.84. The van der Waals surface area contributed by atoms with Crippen molar-refractivity contribution in [1.82, 2.24) is 0 Å². The minimum Gasteiger partial charge on any atom is -1.00 e. The smallest absolute Gasteiger partial charge is 1.00 e. The van der Waals surface area contributed by atoms with Gasteiger partial charge in [-0.1, -0.05) is 6.07 Å². The van der Waals surface area contributed by atoms with E-state index in [4.69, 9.17) is 10.2 Å². The van der Waals surface area contributed by atoms with Crippen LogP contribution in [-0.4, -0.2) is 22.7 Å². The fraction of sp³-hybridized carbons (Fsp3) is 0. The van der Waals surface area contributed by atoms with Gasteiger partial charge in [-0.3, -0.25) is 4.79 Å². The number of carbonyl (C=O) groups excluding carboxylic acids is 1. The summed E-state index contributed by atoms with van der Waals surface area (Å²) in [5, 5.41) is 17.4. The Morgan fingerprint density at radius 1 is 1.50 bits per heavy atom. The van der Waals surface area contributed by atoms with Crippen molar-refractivity contribution in [3.8, 4) is 11.5 Å². The summed E-state index contributed by atoms with van der Waals surface area (Å²) in [5.74, 6) is -0.490. The zero-order valence-corrected chi connectivity index (χ0v) is 9.43. The Bertz CT molecular complexity index is 355. The van der Waals surface area contributed by atoms with Gasteiger partial charge in [-0.25, -0.2) is 4.79 Å². The maximum atomic E-state index is 10.4. The van der Waals surface area contributed by atoms with Crippen LogP contribution in [-0.2, 0) is 0 Å². The number of phenols is 1. The topological polar surface area (TPSA) is 83.8 Å². The third-order valence-electron chi connectivity index (χ3n) is 1.36. The van der Waals surface area contributed by atoms with Crippen molar-refractivity contribution in [3.63, 3.8) is 0 Å². The molecule has 0 aliphatic carbocycles. The minimum atomic E-state index is -1.53. The van der Waals surface area contributed by atoms with E-state index in [1.165, 1.54) is 18.2 Å². The van der Waals surface area contributed by atoms with Crippen LogP contribution in [0.5, 0.6) is 11.5 Å². The molecule has 0 saturated carbocycles. The van der Waals surface area contributed by atoms with Crippen molar-refractivity contribution < 1.29 is 55.5 Å². The molecule has 0 heterocycles. The van der Waals surface area contributed by atoms with Crippen molar-refractivity contribution in [2.24, 2.45) is 0 Å². The average Bonchev–Trinajstić information content (AvgIpc) is 2.03. The van der Waals surface area contributed by atoms with E-state index >= 15 is 0 Å². The number of aldehydes is 1. The van der Waals surface area contributed by atoms with Gasteiger partial charge in [0.15, 0.2) is 6.29 Å². The number of ether oxygens (including phenoxy) is 1. The maximum Gasteiger partial charge on any atom is 1.00 e. The predicted molar refractivity (Wildman–Crippen MR) is 43.3 cm³/mol. The molecule has 2 N–H and O–H groups in total. The molecular weight excluding hydrogens is 199 g/mol. The molecule has 1 rings (SSSR count). The summed E-state index contributed by atoms with van der Waals surface area (Å²) in [7, 11) is 0. The van der Waals surface area contributed by atoms with Crippen LogP contribution in [0.4, 0.5) is 4.79 Å². The van der Waals surface area contributed by atoms with E-state index in [1.54, 1.807) is 0 Å². The van der Waals surface area contributed by atoms with Gasteiger partial charge in [-0.05, 0) is 12.1 Å². The summed E-state index contributed by atoms with van der Waals surface area (Å²) < 4.78 is 4.24. The average molecular weight is 206 g/mol. The summed E-state index contributed by atoms with van der Waals surface area (Å²) in [4.78, 5) is 20.5. The summed E-state index contributed by atoms with van der Waals surface area (Å²) in [6.07, 6.45) is -1.21. The van der Waals surface area contributed by atoms with Gasteiger partial charge < -0.3 is 16.4 Å². The van der Waals surface area contributed by atoms with E-state index in [1.807, 2.05) is 0 Å². The molecule has 0 spiro atoms. The van der Waals surface area contributed by atoms with E-state index in [2.05, 4.69) is 4.74 Å². The Morgan fingerprint density at radius 2 is 2.14 bits per heavy atom. The second-order valence-electron chi connectivity index (χ2n) is 2.17. The van der Waals surface area contributed by atoms with Crippen LogP contribution in [0.1, 0.15) is 11.8 Å². The first-order chi connectivity index (χ1) is 6.15. The van der Waals surface area contributed by atoms with Gasteiger partial charge in [0.25, 0.3) is 0 Å². The first kappa shape index (κ1) is 13.0. The second-order valence-corrected chi connectivity index (χ2v) is 2.17. The Balaban J connectivity index is 0. The molecule has 0 radical (unpaired) electrons. The predicted octanol–water partition coefficient (Wildman–Crippen LogP) is -1.62. The third kappa shape index (κ3) is 3.02. The fourth-order valence-electron chi connectivity index (χ4n) is 0.834. The molecule has 0 aliphatic heterocycles. The molecule has 14 heavy (non-hydrogen) atoms. The summed E-state index contributed by atoms with van der Waals surface area (Å²) >= 11 is 0. The molecule has 0 unspecified atom stereocenters. The Hall–Kier alpha value is -1.04. The number of benzene rings is 1. The molecule has 0 amide bonds. The molecule has 0 saturated heterocycles. The van der Waals surface area contributed by atoms with E-state index in [0.717, 1.165) is 0 Å². The van der Waals surface area contributed by atoms with Gasteiger partial charge in [-0.15, -0.1) is 0 Å². The monoisotopic (exact) mass is 206 g/mol. The van der Waals surface area contributed by atoms with Gasteiger partial charge in [0, 0.05) is 0 Å². The van der Waals surface area contributed by atoms with Crippen LogP contribution in [0.2, 0.25) is 0 Å². The van der Waals surface area contributed by atoms with Gasteiger partial charge in [0.2, 0.25) is 0 Å². The van der Waals surface area contributed by atoms with Crippen LogP contribution in [0.15, 0.2) is 18.2 Å². The van der Waals surface area contributed by atoms with Crippen LogP contribution in [0.3, 0.4) is 0 Å². The molecule has 1 aromatic rings. The fourth-order valence-corrected chi connectivity index (χ4v) is 0.834. The first-order valence-electron chi connectivity index (χ1n) is 3.33. The largest absolute Gasteiger partial charge is 1.00 e.